The quantitative estimate of drug-likeness (QED) is 0.547. The zero-order chi connectivity index (χ0) is 20.4. The monoisotopic (exact) mass is 392 g/mol. The summed E-state index contributed by atoms with van der Waals surface area (Å²) in [6.45, 7) is 8.79. The third kappa shape index (κ3) is 6.99. The molecule has 2 rings (SSSR count). The van der Waals surface area contributed by atoms with Crippen LogP contribution in [0.25, 0.3) is 0 Å². The van der Waals surface area contributed by atoms with Crippen LogP contribution in [0.5, 0.6) is 11.5 Å². The lowest BCUT2D eigenvalue weighted by atomic mass is 10.1. The van der Waals surface area contributed by atoms with Gasteiger partial charge in [0.1, 0.15) is 0 Å². The highest BCUT2D eigenvalue weighted by Crippen LogP contribution is 2.29. The van der Waals surface area contributed by atoms with E-state index in [1.165, 1.54) is 0 Å². The molecule has 1 saturated heterocycles. The topological polar surface area (TPSA) is 51.2 Å². The first-order chi connectivity index (χ1) is 13.5. The molecule has 6 nitrogen and oxygen atoms in total. The van der Waals surface area contributed by atoms with Crippen LogP contribution in [-0.4, -0.2) is 69.3 Å². The van der Waals surface area contributed by atoms with E-state index < -0.39 is 0 Å². The van der Waals surface area contributed by atoms with Crippen LogP contribution in [0.3, 0.4) is 0 Å². The number of carbonyl (C=O) groups is 1. The summed E-state index contributed by atoms with van der Waals surface area (Å²) in [5, 5.41) is 0. The number of benzene rings is 1. The van der Waals surface area contributed by atoms with Gasteiger partial charge in [0.15, 0.2) is 11.5 Å². The third-order valence-electron chi connectivity index (χ3n) is 4.77. The molecular formula is C22H36N2O4. The Bertz CT molecular complexity index is 600. The molecule has 1 unspecified atom stereocenters. The maximum atomic E-state index is 13.0. The Labute approximate surface area is 169 Å². The van der Waals surface area contributed by atoms with Crippen molar-refractivity contribution in [3.63, 3.8) is 0 Å². The molecule has 0 aromatic heterocycles. The summed E-state index contributed by atoms with van der Waals surface area (Å²) in [7, 11) is 4.11. The van der Waals surface area contributed by atoms with Gasteiger partial charge in [-0.15, -0.1) is 0 Å². The first-order valence-electron chi connectivity index (χ1n) is 10.4. The maximum absolute atomic E-state index is 13.0. The lowest BCUT2D eigenvalue weighted by Gasteiger charge is -2.26. The Morgan fingerprint density at radius 1 is 1.18 bits per heavy atom. The van der Waals surface area contributed by atoms with Crippen molar-refractivity contribution in [1.82, 2.24) is 9.80 Å². The second kappa shape index (κ2) is 11.9. The molecule has 0 spiro atoms. The molecule has 1 atom stereocenters. The lowest BCUT2D eigenvalue weighted by molar-refractivity contribution is -0.136. The highest BCUT2D eigenvalue weighted by atomic mass is 16.5. The van der Waals surface area contributed by atoms with Gasteiger partial charge >= 0.3 is 0 Å². The van der Waals surface area contributed by atoms with Crippen molar-refractivity contribution < 1.29 is 19.0 Å². The SMILES string of the molecule is CCCOc1ccc(CN(CCCN(C)C)C(=O)C2CCOC2)cc1OCC. The van der Waals surface area contributed by atoms with Gasteiger partial charge in [-0.2, -0.15) is 0 Å². The first kappa shape index (κ1) is 22.5. The van der Waals surface area contributed by atoms with E-state index in [0.717, 1.165) is 49.4 Å². The zero-order valence-electron chi connectivity index (χ0n) is 17.9. The van der Waals surface area contributed by atoms with E-state index in [1.54, 1.807) is 0 Å². The number of nitrogens with zero attached hydrogens (tertiary/aromatic N) is 2. The van der Waals surface area contributed by atoms with E-state index in [9.17, 15) is 4.79 Å². The van der Waals surface area contributed by atoms with Crippen molar-refractivity contribution in [2.75, 3.05) is 53.6 Å². The van der Waals surface area contributed by atoms with E-state index >= 15 is 0 Å². The summed E-state index contributed by atoms with van der Waals surface area (Å²) in [6, 6.07) is 5.99. The molecule has 1 aliphatic rings. The van der Waals surface area contributed by atoms with E-state index in [4.69, 9.17) is 14.2 Å². The van der Waals surface area contributed by atoms with Gasteiger partial charge in [0.25, 0.3) is 0 Å². The van der Waals surface area contributed by atoms with Crippen LogP contribution in [0.2, 0.25) is 0 Å². The summed E-state index contributed by atoms with van der Waals surface area (Å²) < 4.78 is 17.0. The molecule has 0 bridgehead atoms. The molecule has 6 heteroatoms. The minimum absolute atomic E-state index is 0.0159. The van der Waals surface area contributed by atoms with Crippen molar-refractivity contribution >= 4 is 5.91 Å². The van der Waals surface area contributed by atoms with Crippen molar-refractivity contribution in [1.29, 1.82) is 0 Å². The molecule has 1 aromatic carbocycles. The number of hydrogen-bond acceptors (Lipinski definition) is 5. The molecule has 158 valence electrons. The molecule has 0 saturated carbocycles. The smallest absolute Gasteiger partial charge is 0.228 e. The Morgan fingerprint density at radius 2 is 2.00 bits per heavy atom. The molecule has 1 heterocycles. The Balaban J connectivity index is 2.11. The van der Waals surface area contributed by atoms with E-state index in [-0.39, 0.29) is 11.8 Å². The Hall–Kier alpha value is -1.79. The van der Waals surface area contributed by atoms with Crippen molar-refractivity contribution in [2.45, 2.75) is 39.7 Å². The number of rotatable bonds is 12. The van der Waals surface area contributed by atoms with Crippen LogP contribution in [0.1, 0.15) is 38.7 Å². The molecule has 1 aromatic rings. The van der Waals surface area contributed by atoms with Gasteiger partial charge in [-0.3, -0.25) is 4.79 Å². The zero-order valence-corrected chi connectivity index (χ0v) is 17.9. The highest BCUT2D eigenvalue weighted by Gasteiger charge is 2.28. The van der Waals surface area contributed by atoms with Gasteiger partial charge in [0, 0.05) is 19.7 Å². The van der Waals surface area contributed by atoms with Gasteiger partial charge in [-0.1, -0.05) is 13.0 Å². The van der Waals surface area contributed by atoms with E-state index in [2.05, 4.69) is 25.9 Å². The average Bonchev–Trinajstić information content (AvgIpc) is 3.21. The molecule has 1 amide bonds. The van der Waals surface area contributed by atoms with Crippen LogP contribution in [0, 0.1) is 5.92 Å². The van der Waals surface area contributed by atoms with Gasteiger partial charge in [0.05, 0.1) is 25.7 Å². The van der Waals surface area contributed by atoms with Gasteiger partial charge < -0.3 is 24.0 Å². The summed E-state index contributed by atoms with van der Waals surface area (Å²) in [5.74, 6) is 1.69. The molecular weight excluding hydrogens is 356 g/mol. The summed E-state index contributed by atoms with van der Waals surface area (Å²) >= 11 is 0. The largest absolute Gasteiger partial charge is 0.490 e. The standard InChI is InChI=1S/C22H36N2O4/c1-5-13-28-20-9-8-18(15-21(20)27-6-2)16-24(12-7-11-23(3)4)22(25)19-10-14-26-17-19/h8-9,15,19H,5-7,10-14,16-17H2,1-4H3. The first-order valence-corrected chi connectivity index (χ1v) is 10.4. The van der Waals surface area contributed by atoms with Crippen LogP contribution in [0.15, 0.2) is 18.2 Å². The maximum Gasteiger partial charge on any atom is 0.228 e. The number of ether oxygens (including phenoxy) is 3. The number of carbonyl (C=O) groups excluding carboxylic acids is 1. The highest BCUT2D eigenvalue weighted by molar-refractivity contribution is 5.79. The molecule has 1 fully saturated rings. The minimum atomic E-state index is -0.0159. The number of amides is 1. The Morgan fingerprint density at radius 3 is 2.64 bits per heavy atom. The second-order valence-corrected chi connectivity index (χ2v) is 7.54. The van der Waals surface area contributed by atoms with Crippen molar-refractivity contribution in [3.05, 3.63) is 23.8 Å². The summed E-state index contributed by atoms with van der Waals surface area (Å²) in [4.78, 5) is 17.1. The van der Waals surface area contributed by atoms with Gasteiger partial charge in [0.2, 0.25) is 5.91 Å². The van der Waals surface area contributed by atoms with E-state index in [1.807, 2.05) is 30.0 Å². The predicted octanol–water partition coefficient (Wildman–Crippen LogP) is 3.19. The summed E-state index contributed by atoms with van der Waals surface area (Å²) in [6.07, 6.45) is 2.71. The van der Waals surface area contributed by atoms with Crippen LogP contribution in [0.4, 0.5) is 0 Å². The van der Waals surface area contributed by atoms with Crippen LogP contribution < -0.4 is 9.47 Å². The molecule has 1 aliphatic heterocycles. The lowest BCUT2D eigenvalue weighted by Crippen LogP contribution is -2.37. The van der Waals surface area contributed by atoms with Gasteiger partial charge in [-0.05, 0) is 64.5 Å². The van der Waals surface area contributed by atoms with E-state index in [0.29, 0.717) is 33.0 Å². The number of hydrogen-bond donors (Lipinski definition) is 0. The average molecular weight is 393 g/mol. The van der Waals surface area contributed by atoms with Gasteiger partial charge in [-0.25, -0.2) is 0 Å². The van der Waals surface area contributed by atoms with Crippen molar-refractivity contribution in [3.8, 4) is 11.5 Å². The minimum Gasteiger partial charge on any atom is -0.490 e. The molecule has 28 heavy (non-hydrogen) atoms. The Kier molecular flexibility index (Phi) is 9.58. The second-order valence-electron chi connectivity index (χ2n) is 7.54. The normalized spacial score (nSPS) is 16.4. The molecule has 0 radical (unpaired) electrons. The third-order valence-corrected chi connectivity index (χ3v) is 4.77. The summed E-state index contributed by atoms with van der Waals surface area (Å²) in [5.41, 5.74) is 1.06. The van der Waals surface area contributed by atoms with Crippen molar-refractivity contribution in [2.24, 2.45) is 5.92 Å². The van der Waals surface area contributed by atoms with Crippen LogP contribution >= 0.6 is 0 Å². The predicted molar refractivity (Wildman–Crippen MR) is 111 cm³/mol. The van der Waals surface area contributed by atoms with Crippen LogP contribution in [-0.2, 0) is 16.1 Å². The molecule has 0 N–H and O–H groups in total. The molecule has 0 aliphatic carbocycles. The fourth-order valence-electron chi connectivity index (χ4n) is 3.30. The fraction of sp³-hybridized carbons (Fsp3) is 0.682. The fourth-order valence-corrected chi connectivity index (χ4v) is 3.30.